The Labute approximate surface area is 162 Å². The predicted molar refractivity (Wildman–Crippen MR) is 105 cm³/mol. The maximum Gasteiger partial charge on any atom is 0.262 e. The maximum absolute atomic E-state index is 12.8. The van der Waals surface area contributed by atoms with Gasteiger partial charge in [-0.15, -0.1) is 11.3 Å². The van der Waals surface area contributed by atoms with E-state index in [-0.39, 0.29) is 23.5 Å². The second-order valence-electron chi connectivity index (χ2n) is 6.47. The van der Waals surface area contributed by atoms with E-state index in [2.05, 4.69) is 10.6 Å². The lowest BCUT2D eigenvalue weighted by molar-refractivity contribution is -0.123. The highest BCUT2D eigenvalue weighted by molar-refractivity contribution is 7.12. The van der Waals surface area contributed by atoms with Crippen molar-refractivity contribution in [2.45, 2.75) is 32.7 Å². The van der Waals surface area contributed by atoms with Gasteiger partial charge in [-0.05, 0) is 54.5 Å². The Morgan fingerprint density at radius 3 is 2.52 bits per heavy atom. The van der Waals surface area contributed by atoms with Gasteiger partial charge in [-0.25, -0.2) is 4.39 Å². The minimum atomic E-state index is -0.574. The molecule has 5 nitrogen and oxygen atoms in total. The van der Waals surface area contributed by atoms with Crippen molar-refractivity contribution in [1.82, 2.24) is 10.6 Å². The van der Waals surface area contributed by atoms with Crippen molar-refractivity contribution in [3.05, 3.63) is 52.5 Å². The molecule has 0 aliphatic heterocycles. The summed E-state index contributed by atoms with van der Waals surface area (Å²) < 4.78 is 18.3. The zero-order valence-corrected chi connectivity index (χ0v) is 16.4. The lowest BCUT2D eigenvalue weighted by Gasteiger charge is -2.21. The number of halogens is 1. The molecule has 0 bridgehead atoms. The molecule has 2 N–H and O–H groups in total. The van der Waals surface area contributed by atoms with E-state index in [0.717, 1.165) is 12.8 Å². The van der Waals surface area contributed by atoms with Gasteiger partial charge in [0.15, 0.2) is 0 Å². The van der Waals surface area contributed by atoms with Crippen molar-refractivity contribution in [1.29, 1.82) is 0 Å². The smallest absolute Gasteiger partial charge is 0.262 e. The maximum atomic E-state index is 12.8. The number of thiophene rings is 1. The molecule has 1 heterocycles. The first-order valence-electron chi connectivity index (χ1n) is 8.98. The number of nitrogens with one attached hydrogen (secondary N) is 2. The van der Waals surface area contributed by atoms with E-state index in [9.17, 15) is 14.0 Å². The molecule has 27 heavy (non-hydrogen) atoms. The van der Waals surface area contributed by atoms with Crippen LogP contribution in [0, 0.1) is 11.7 Å². The van der Waals surface area contributed by atoms with E-state index in [1.165, 1.54) is 23.5 Å². The van der Waals surface area contributed by atoms with Gasteiger partial charge in [0.2, 0.25) is 5.91 Å². The van der Waals surface area contributed by atoms with Crippen LogP contribution in [0.1, 0.15) is 36.4 Å². The number of carbonyl (C=O) groups is 2. The minimum Gasteiger partial charge on any atom is -0.494 e. The zero-order chi connectivity index (χ0) is 19.6. The largest absolute Gasteiger partial charge is 0.494 e. The van der Waals surface area contributed by atoms with Crippen molar-refractivity contribution in [2.24, 2.45) is 5.92 Å². The van der Waals surface area contributed by atoms with Gasteiger partial charge in [0.25, 0.3) is 5.91 Å². The van der Waals surface area contributed by atoms with Gasteiger partial charge < -0.3 is 15.4 Å². The van der Waals surface area contributed by atoms with E-state index in [1.807, 2.05) is 19.2 Å². The molecular formula is C20H25FN2O3S. The monoisotopic (exact) mass is 392 g/mol. The number of hydrogen-bond acceptors (Lipinski definition) is 4. The van der Waals surface area contributed by atoms with Crippen molar-refractivity contribution in [2.75, 3.05) is 13.2 Å². The summed E-state index contributed by atoms with van der Waals surface area (Å²) >= 11 is 1.34. The topological polar surface area (TPSA) is 67.4 Å². The number of benzene rings is 1. The van der Waals surface area contributed by atoms with Crippen molar-refractivity contribution >= 4 is 23.2 Å². The Hall–Kier alpha value is -2.41. The van der Waals surface area contributed by atoms with Gasteiger partial charge in [-0.3, -0.25) is 9.59 Å². The molecule has 1 aromatic heterocycles. The molecule has 2 rings (SSSR count). The normalized spacial score (nSPS) is 11.9. The van der Waals surface area contributed by atoms with E-state index in [0.29, 0.717) is 23.8 Å². The van der Waals surface area contributed by atoms with Crippen LogP contribution >= 0.6 is 11.3 Å². The molecule has 0 radical (unpaired) electrons. The van der Waals surface area contributed by atoms with Crippen LogP contribution in [-0.4, -0.2) is 31.0 Å². The van der Waals surface area contributed by atoms with E-state index in [1.54, 1.807) is 24.3 Å². The minimum absolute atomic E-state index is 0.0179. The third-order valence-corrected chi connectivity index (χ3v) is 4.80. The van der Waals surface area contributed by atoms with Gasteiger partial charge >= 0.3 is 0 Å². The zero-order valence-electron chi connectivity index (χ0n) is 15.5. The molecule has 146 valence electrons. The molecule has 7 heteroatoms. The van der Waals surface area contributed by atoms with Crippen LogP contribution in [0.4, 0.5) is 4.39 Å². The van der Waals surface area contributed by atoms with Gasteiger partial charge in [0, 0.05) is 6.54 Å². The number of carbonyl (C=O) groups excluding carboxylic acids is 2. The van der Waals surface area contributed by atoms with Crippen molar-refractivity contribution in [3.63, 3.8) is 0 Å². The van der Waals surface area contributed by atoms with Crippen LogP contribution in [0.15, 0.2) is 41.8 Å². The second kappa shape index (κ2) is 10.7. The first-order valence-corrected chi connectivity index (χ1v) is 9.86. The number of ether oxygens (including phenoxy) is 1. The predicted octanol–water partition coefficient (Wildman–Crippen LogP) is 3.62. The van der Waals surface area contributed by atoms with E-state index >= 15 is 0 Å². The van der Waals surface area contributed by atoms with Crippen LogP contribution < -0.4 is 15.4 Å². The van der Waals surface area contributed by atoms with Crippen molar-refractivity contribution < 1.29 is 18.7 Å². The molecule has 0 unspecified atom stereocenters. The highest BCUT2D eigenvalue weighted by Gasteiger charge is 2.24. The average molecular weight is 392 g/mol. The van der Waals surface area contributed by atoms with Crippen LogP contribution in [0.5, 0.6) is 5.75 Å². The highest BCUT2D eigenvalue weighted by Crippen LogP contribution is 2.12. The average Bonchev–Trinajstić information content (AvgIpc) is 3.18. The third kappa shape index (κ3) is 7.02. The first-order chi connectivity index (χ1) is 13.0. The number of amides is 2. The van der Waals surface area contributed by atoms with Gasteiger partial charge in [0.1, 0.15) is 17.6 Å². The number of unbranched alkanes of at least 4 members (excludes halogenated alkanes) is 1. The first kappa shape index (κ1) is 20.9. The second-order valence-corrected chi connectivity index (χ2v) is 7.42. The molecule has 0 saturated heterocycles. The molecule has 0 saturated carbocycles. The molecular weight excluding hydrogens is 367 g/mol. The van der Waals surface area contributed by atoms with Crippen LogP contribution in [-0.2, 0) is 4.79 Å². The summed E-state index contributed by atoms with van der Waals surface area (Å²) in [7, 11) is 0. The molecule has 1 atom stereocenters. The Morgan fingerprint density at radius 1 is 1.15 bits per heavy atom. The third-order valence-electron chi connectivity index (χ3n) is 3.93. The van der Waals surface area contributed by atoms with Crippen molar-refractivity contribution in [3.8, 4) is 5.75 Å². The fourth-order valence-corrected chi connectivity index (χ4v) is 3.05. The van der Waals surface area contributed by atoms with E-state index < -0.39 is 6.04 Å². The highest BCUT2D eigenvalue weighted by atomic mass is 32.1. The number of rotatable bonds is 10. The van der Waals surface area contributed by atoms with Crippen LogP contribution in [0.2, 0.25) is 0 Å². The fourth-order valence-electron chi connectivity index (χ4n) is 2.42. The summed E-state index contributed by atoms with van der Waals surface area (Å²) in [5.74, 6) is -0.107. The summed E-state index contributed by atoms with van der Waals surface area (Å²) in [6.45, 7) is 4.79. The Balaban J connectivity index is 1.67. The summed E-state index contributed by atoms with van der Waals surface area (Å²) in [5, 5.41) is 7.49. The van der Waals surface area contributed by atoms with Crippen LogP contribution in [0.3, 0.4) is 0 Å². The van der Waals surface area contributed by atoms with Gasteiger partial charge in [-0.2, -0.15) is 0 Å². The van der Waals surface area contributed by atoms with E-state index in [4.69, 9.17) is 4.74 Å². The van der Waals surface area contributed by atoms with Gasteiger partial charge in [-0.1, -0.05) is 19.9 Å². The molecule has 0 spiro atoms. The SMILES string of the molecule is CC(C)[C@@H](NC(=O)c1cccs1)C(=O)NCCCCOc1ccc(F)cc1. The lowest BCUT2D eigenvalue weighted by atomic mass is 10.0. The Kier molecular flexibility index (Phi) is 8.26. The lowest BCUT2D eigenvalue weighted by Crippen LogP contribution is -2.49. The molecule has 0 aliphatic carbocycles. The van der Waals surface area contributed by atoms with Gasteiger partial charge in [0.05, 0.1) is 11.5 Å². The summed E-state index contributed by atoms with van der Waals surface area (Å²) in [4.78, 5) is 25.2. The quantitative estimate of drug-likeness (QED) is 0.607. The molecule has 1 aromatic carbocycles. The molecule has 2 aromatic rings. The molecule has 0 aliphatic rings. The number of hydrogen-bond donors (Lipinski definition) is 2. The summed E-state index contributed by atoms with van der Waals surface area (Å²) in [6.07, 6.45) is 1.50. The molecule has 2 amide bonds. The Morgan fingerprint density at radius 2 is 1.89 bits per heavy atom. The summed E-state index contributed by atoms with van der Waals surface area (Å²) in [5.41, 5.74) is 0. The fraction of sp³-hybridized carbons (Fsp3) is 0.400. The standard InChI is InChI=1S/C20H25FN2O3S/c1-14(2)18(23-19(24)17-6-5-13-27-17)20(25)22-11-3-4-12-26-16-9-7-15(21)8-10-16/h5-10,13-14,18H,3-4,11-12H2,1-2H3,(H,22,25)(H,23,24)/t18-/m1/s1. The van der Waals surface area contributed by atoms with Crippen LogP contribution in [0.25, 0.3) is 0 Å². The Bertz CT molecular complexity index is 717. The summed E-state index contributed by atoms with van der Waals surface area (Å²) in [6, 6.07) is 8.84. The molecule has 0 fully saturated rings.